The highest BCUT2D eigenvalue weighted by atomic mass is 15.0. The molecule has 3 heterocycles. The predicted octanol–water partition coefficient (Wildman–Crippen LogP) is 11.0. The van der Waals surface area contributed by atoms with Crippen LogP contribution in [0.2, 0.25) is 0 Å². The minimum atomic E-state index is 0.639. The van der Waals surface area contributed by atoms with Crippen molar-refractivity contribution in [2.45, 2.75) is 0 Å². The normalized spacial score (nSPS) is 11.2. The summed E-state index contributed by atoms with van der Waals surface area (Å²) in [6, 6.07) is 54.5. The quantitative estimate of drug-likeness (QED) is 0.169. The minimum Gasteiger partial charge on any atom is -0.265 e. The zero-order valence-corrected chi connectivity index (χ0v) is 27.0. The predicted molar refractivity (Wildman–Crippen MR) is 203 cm³/mol. The number of fused-ring (bicyclic) bond motifs is 2. The standard InChI is InChI=1S/C45H29N5/c1-3-7-30(8-4-1)31-11-13-34(14-12-31)44-48-43(33-9-5-2-6-10-33)49-45(50-44)38-18-16-36-25-40-27-37(17-15-35(40)26-41(36)28-38)42-20-19-39(29-47-42)32-21-23-46-24-22-32/h1-29H. The second-order valence-corrected chi connectivity index (χ2v) is 12.3. The van der Waals surface area contributed by atoms with Crippen molar-refractivity contribution in [3.8, 4) is 67.7 Å². The smallest absolute Gasteiger partial charge is 0.164 e. The molecule has 9 aromatic rings. The molecule has 0 radical (unpaired) electrons. The molecule has 5 heteroatoms. The maximum absolute atomic E-state index is 5.01. The van der Waals surface area contributed by atoms with Crippen molar-refractivity contribution < 1.29 is 0 Å². The van der Waals surface area contributed by atoms with E-state index >= 15 is 0 Å². The molecule has 0 aliphatic carbocycles. The first-order valence-electron chi connectivity index (χ1n) is 16.6. The van der Waals surface area contributed by atoms with Crippen LogP contribution in [0.15, 0.2) is 176 Å². The molecule has 9 rings (SSSR count). The van der Waals surface area contributed by atoms with Crippen molar-refractivity contribution in [2.75, 3.05) is 0 Å². The minimum absolute atomic E-state index is 0.639. The van der Waals surface area contributed by atoms with Crippen molar-refractivity contribution in [3.05, 3.63) is 176 Å². The summed E-state index contributed by atoms with van der Waals surface area (Å²) >= 11 is 0. The van der Waals surface area contributed by atoms with Crippen molar-refractivity contribution in [1.82, 2.24) is 24.9 Å². The first kappa shape index (κ1) is 29.3. The first-order chi connectivity index (χ1) is 24.7. The van der Waals surface area contributed by atoms with E-state index in [1.807, 2.05) is 54.7 Å². The topological polar surface area (TPSA) is 64.5 Å². The van der Waals surface area contributed by atoms with Crippen LogP contribution in [-0.4, -0.2) is 24.9 Å². The lowest BCUT2D eigenvalue weighted by Gasteiger charge is -2.10. The van der Waals surface area contributed by atoms with Crippen LogP contribution in [0.5, 0.6) is 0 Å². The van der Waals surface area contributed by atoms with Crippen molar-refractivity contribution in [2.24, 2.45) is 0 Å². The fourth-order valence-electron chi connectivity index (χ4n) is 6.37. The maximum atomic E-state index is 5.01. The molecular formula is C45H29N5. The molecule has 0 bridgehead atoms. The van der Waals surface area contributed by atoms with Crippen LogP contribution >= 0.6 is 0 Å². The van der Waals surface area contributed by atoms with Gasteiger partial charge in [-0.1, -0.05) is 115 Å². The van der Waals surface area contributed by atoms with Gasteiger partial charge in [-0.3, -0.25) is 9.97 Å². The van der Waals surface area contributed by atoms with Gasteiger partial charge in [0.2, 0.25) is 0 Å². The van der Waals surface area contributed by atoms with Gasteiger partial charge in [-0.05, 0) is 80.7 Å². The molecule has 234 valence electrons. The van der Waals surface area contributed by atoms with Gasteiger partial charge in [0.1, 0.15) is 0 Å². The molecule has 6 aromatic carbocycles. The number of aromatic nitrogens is 5. The van der Waals surface area contributed by atoms with E-state index in [2.05, 4.69) is 114 Å². The lowest BCUT2D eigenvalue weighted by Crippen LogP contribution is -2.00. The summed E-state index contributed by atoms with van der Waals surface area (Å²) in [5.74, 6) is 1.92. The molecule has 0 aliphatic heterocycles. The zero-order chi connectivity index (χ0) is 33.3. The Morgan fingerprint density at radius 2 is 0.760 bits per heavy atom. The molecule has 0 fully saturated rings. The molecule has 0 amide bonds. The Morgan fingerprint density at radius 3 is 1.38 bits per heavy atom. The van der Waals surface area contributed by atoms with Gasteiger partial charge in [-0.15, -0.1) is 0 Å². The van der Waals surface area contributed by atoms with Gasteiger partial charge in [0.25, 0.3) is 0 Å². The van der Waals surface area contributed by atoms with Crippen LogP contribution in [0.1, 0.15) is 0 Å². The fraction of sp³-hybridized carbons (Fsp3) is 0. The number of hydrogen-bond donors (Lipinski definition) is 0. The van der Waals surface area contributed by atoms with Crippen LogP contribution in [0.25, 0.3) is 89.2 Å². The summed E-state index contributed by atoms with van der Waals surface area (Å²) < 4.78 is 0. The van der Waals surface area contributed by atoms with E-state index in [4.69, 9.17) is 19.9 Å². The van der Waals surface area contributed by atoms with Crippen molar-refractivity contribution >= 4 is 21.5 Å². The first-order valence-corrected chi connectivity index (χ1v) is 16.6. The van der Waals surface area contributed by atoms with E-state index in [-0.39, 0.29) is 0 Å². The van der Waals surface area contributed by atoms with Gasteiger partial charge in [-0.25, -0.2) is 15.0 Å². The molecule has 3 aromatic heterocycles. The van der Waals surface area contributed by atoms with E-state index < -0.39 is 0 Å². The summed E-state index contributed by atoms with van der Waals surface area (Å²) in [7, 11) is 0. The largest absolute Gasteiger partial charge is 0.265 e. The van der Waals surface area contributed by atoms with E-state index in [0.29, 0.717) is 17.5 Å². The van der Waals surface area contributed by atoms with Gasteiger partial charge in [-0.2, -0.15) is 0 Å². The van der Waals surface area contributed by atoms with Crippen LogP contribution in [-0.2, 0) is 0 Å². The Kier molecular flexibility index (Phi) is 7.41. The van der Waals surface area contributed by atoms with Crippen LogP contribution in [0.4, 0.5) is 0 Å². The lowest BCUT2D eigenvalue weighted by atomic mass is 9.98. The molecule has 0 unspecified atom stereocenters. The van der Waals surface area contributed by atoms with Crippen molar-refractivity contribution in [3.63, 3.8) is 0 Å². The third kappa shape index (κ3) is 5.78. The Bertz CT molecular complexity index is 2600. The highest BCUT2D eigenvalue weighted by Crippen LogP contribution is 2.32. The molecule has 5 nitrogen and oxygen atoms in total. The third-order valence-corrected chi connectivity index (χ3v) is 9.04. The summed E-state index contributed by atoms with van der Waals surface area (Å²) in [6.07, 6.45) is 5.52. The van der Waals surface area contributed by atoms with E-state index in [1.54, 1.807) is 12.4 Å². The summed E-state index contributed by atoms with van der Waals surface area (Å²) in [4.78, 5) is 23.8. The molecule has 0 N–H and O–H groups in total. The van der Waals surface area contributed by atoms with Gasteiger partial charge >= 0.3 is 0 Å². The summed E-state index contributed by atoms with van der Waals surface area (Å²) in [6.45, 7) is 0. The van der Waals surface area contributed by atoms with Gasteiger partial charge in [0.05, 0.1) is 5.69 Å². The molecule has 0 saturated heterocycles. The Balaban J connectivity index is 1.07. The van der Waals surface area contributed by atoms with Gasteiger partial charge in [0, 0.05) is 46.4 Å². The Labute approximate surface area is 289 Å². The number of hydrogen-bond acceptors (Lipinski definition) is 5. The van der Waals surface area contributed by atoms with Crippen LogP contribution < -0.4 is 0 Å². The second-order valence-electron chi connectivity index (χ2n) is 12.3. The number of rotatable bonds is 6. The summed E-state index contributed by atoms with van der Waals surface area (Å²) in [5, 5.41) is 4.59. The van der Waals surface area contributed by atoms with E-state index in [1.165, 1.54) is 5.56 Å². The van der Waals surface area contributed by atoms with Crippen LogP contribution in [0.3, 0.4) is 0 Å². The second kappa shape index (κ2) is 12.6. The average molecular weight is 640 g/mol. The SMILES string of the molecule is c1ccc(-c2ccc(-c3nc(-c4ccccc4)nc(-c4ccc5cc6cc(-c7ccc(-c8ccncc8)cn7)ccc6cc5c4)n3)cc2)cc1. The molecule has 0 spiro atoms. The maximum Gasteiger partial charge on any atom is 0.164 e. The number of pyridine rings is 2. The van der Waals surface area contributed by atoms with Gasteiger partial charge < -0.3 is 0 Å². The molecule has 0 aliphatic rings. The zero-order valence-electron chi connectivity index (χ0n) is 27.0. The third-order valence-electron chi connectivity index (χ3n) is 9.04. The summed E-state index contributed by atoms with van der Waals surface area (Å²) in [5.41, 5.74) is 9.34. The van der Waals surface area contributed by atoms with E-state index in [9.17, 15) is 0 Å². The molecule has 50 heavy (non-hydrogen) atoms. The van der Waals surface area contributed by atoms with Crippen molar-refractivity contribution in [1.29, 1.82) is 0 Å². The Hall–Kier alpha value is -6.85. The molecular weight excluding hydrogens is 611 g/mol. The fourth-order valence-corrected chi connectivity index (χ4v) is 6.37. The van der Waals surface area contributed by atoms with Gasteiger partial charge in [0.15, 0.2) is 17.5 Å². The van der Waals surface area contributed by atoms with E-state index in [0.717, 1.165) is 66.2 Å². The molecule has 0 atom stereocenters. The number of nitrogens with zero attached hydrogens (tertiary/aromatic N) is 5. The monoisotopic (exact) mass is 639 g/mol. The highest BCUT2D eigenvalue weighted by Gasteiger charge is 2.14. The average Bonchev–Trinajstić information content (AvgIpc) is 3.20. The number of benzene rings is 6. The highest BCUT2D eigenvalue weighted by molar-refractivity contribution is 6.00. The van der Waals surface area contributed by atoms with Crippen LogP contribution in [0, 0.1) is 0 Å². The molecule has 0 saturated carbocycles. The Morgan fingerprint density at radius 1 is 0.300 bits per heavy atom. The lowest BCUT2D eigenvalue weighted by molar-refractivity contribution is 1.07.